The third-order valence-corrected chi connectivity index (χ3v) is 4.16. The van der Waals surface area contributed by atoms with Crippen LogP contribution in [0.1, 0.15) is 22.7 Å². The van der Waals surface area contributed by atoms with Crippen molar-refractivity contribution in [1.29, 1.82) is 5.26 Å². The van der Waals surface area contributed by atoms with E-state index in [0.29, 0.717) is 5.01 Å². The van der Waals surface area contributed by atoms with Crippen LogP contribution in [0.15, 0.2) is 30.3 Å². The summed E-state index contributed by atoms with van der Waals surface area (Å²) in [6.07, 6.45) is 0. The summed E-state index contributed by atoms with van der Waals surface area (Å²) in [6, 6.07) is 11.7. The second kappa shape index (κ2) is 6.17. The van der Waals surface area contributed by atoms with Gasteiger partial charge >= 0.3 is 0 Å². The summed E-state index contributed by atoms with van der Waals surface area (Å²) in [5.41, 5.74) is 1.80. The number of thiazole rings is 1. The van der Waals surface area contributed by atoms with Crippen LogP contribution in [0, 0.1) is 18.3 Å². The van der Waals surface area contributed by atoms with Gasteiger partial charge in [0.2, 0.25) is 0 Å². The molecule has 0 fully saturated rings. The summed E-state index contributed by atoms with van der Waals surface area (Å²) in [6.45, 7) is 3.51. The summed E-state index contributed by atoms with van der Waals surface area (Å²) in [4.78, 5) is 17.4. The summed E-state index contributed by atoms with van der Waals surface area (Å²) in [5, 5.41) is 9.03. The Morgan fingerprint density at radius 2 is 2.05 bits per heavy atom. The predicted molar refractivity (Wildman–Crippen MR) is 81.0 cm³/mol. The average molecular weight is 305 g/mol. The molecule has 0 amide bonds. The van der Waals surface area contributed by atoms with Gasteiger partial charge in [0.25, 0.3) is 0 Å². The number of ketones is 1. The number of carbonyl (C=O) groups excluding carboxylic acids is 1. The SMILES string of the molecule is Cc1sc(C(C#N)C(=O)C(C)Cl)nc1-c1ccccc1. The molecule has 5 heteroatoms. The quantitative estimate of drug-likeness (QED) is 0.804. The van der Waals surface area contributed by atoms with Gasteiger partial charge < -0.3 is 0 Å². The van der Waals surface area contributed by atoms with Crippen molar-refractivity contribution in [3.8, 4) is 17.3 Å². The molecule has 1 aromatic heterocycles. The Kier molecular flexibility index (Phi) is 4.53. The lowest BCUT2D eigenvalue weighted by Crippen LogP contribution is -2.18. The van der Waals surface area contributed by atoms with Crippen molar-refractivity contribution in [2.75, 3.05) is 0 Å². The minimum Gasteiger partial charge on any atom is -0.296 e. The van der Waals surface area contributed by atoms with Crippen LogP contribution in [0.2, 0.25) is 0 Å². The summed E-state index contributed by atoms with van der Waals surface area (Å²) in [7, 11) is 0. The maximum absolute atomic E-state index is 11.9. The number of Topliss-reactive ketones (excluding diaryl/α,β-unsaturated/α-hetero) is 1. The molecule has 0 saturated carbocycles. The summed E-state index contributed by atoms with van der Waals surface area (Å²) < 4.78 is 0. The lowest BCUT2D eigenvalue weighted by atomic mass is 10.0. The highest BCUT2D eigenvalue weighted by molar-refractivity contribution is 7.12. The highest BCUT2D eigenvalue weighted by Crippen LogP contribution is 2.32. The fourth-order valence-corrected chi connectivity index (χ4v) is 3.00. The van der Waals surface area contributed by atoms with Gasteiger partial charge in [-0.15, -0.1) is 22.9 Å². The Labute approximate surface area is 126 Å². The highest BCUT2D eigenvalue weighted by Gasteiger charge is 2.27. The average Bonchev–Trinajstić information content (AvgIpc) is 2.82. The first-order valence-electron chi connectivity index (χ1n) is 6.14. The van der Waals surface area contributed by atoms with Crippen LogP contribution in [0.3, 0.4) is 0 Å². The first kappa shape index (κ1) is 14.7. The molecule has 0 saturated heterocycles. The van der Waals surface area contributed by atoms with Crippen molar-refractivity contribution in [2.24, 2.45) is 0 Å². The van der Waals surface area contributed by atoms with Crippen molar-refractivity contribution in [3.63, 3.8) is 0 Å². The highest BCUT2D eigenvalue weighted by atomic mass is 35.5. The van der Waals surface area contributed by atoms with E-state index >= 15 is 0 Å². The third kappa shape index (κ3) is 2.90. The van der Waals surface area contributed by atoms with E-state index in [-0.39, 0.29) is 5.78 Å². The number of rotatable bonds is 4. The Hall–Kier alpha value is -1.70. The van der Waals surface area contributed by atoms with E-state index in [1.54, 1.807) is 6.92 Å². The molecule has 0 aliphatic heterocycles. The van der Waals surface area contributed by atoms with E-state index in [1.807, 2.05) is 43.3 Å². The van der Waals surface area contributed by atoms with Crippen molar-refractivity contribution in [1.82, 2.24) is 4.98 Å². The summed E-state index contributed by atoms with van der Waals surface area (Å²) >= 11 is 7.17. The second-order valence-corrected chi connectivity index (χ2v) is 6.29. The number of nitriles is 1. The van der Waals surface area contributed by atoms with Gasteiger partial charge in [0, 0.05) is 10.4 Å². The van der Waals surface area contributed by atoms with Gasteiger partial charge in [-0.3, -0.25) is 4.79 Å². The molecule has 102 valence electrons. The van der Waals surface area contributed by atoms with Gasteiger partial charge in [0.1, 0.15) is 5.01 Å². The van der Waals surface area contributed by atoms with Gasteiger partial charge in [0.05, 0.1) is 17.1 Å². The van der Waals surface area contributed by atoms with E-state index in [4.69, 9.17) is 11.6 Å². The molecule has 0 radical (unpaired) electrons. The predicted octanol–water partition coefficient (Wildman–Crippen LogP) is 3.92. The number of nitrogens with zero attached hydrogens (tertiary/aromatic N) is 2. The third-order valence-electron chi connectivity index (χ3n) is 2.91. The number of halogens is 1. The van der Waals surface area contributed by atoms with Crippen molar-refractivity contribution in [3.05, 3.63) is 40.2 Å². The fraction of sp³-hybridized carbons (Fsp3) is 0.267. The maximum atomic E-state index is 11.9. The van der Waals surface area contributed by atoms with Crippen LogP contribution in [-0.4, -0.2) is 16.1 Å². The lowest BCUT2D eigenvalue weighted by molar-refractivity contribution is -0.118. The minimum absolute atomic E-state index is 0.303. The number of aromatic nitrogens is 1. The normalized spacial score (nSPS) is 13.5. The fourth-order valence-electron chi connectivity index (χ4n) is 1.87. The minimum atomic E-state index is -0.885. The first-order valence-corrected chi connectivity index (χ1v) is 7.40. The van der Waals surface area contributed by atoms with Gasteiger partial charge in [-0.25, -0.2) is 4.98 Å². The molecule has 0 bridgehead atoms. The lowest BCUT2D eigenvalue weighted by Gasteiger charge is -2.05. The Morgan fingerprint density at radius 1 is 1.40 bits per heavy atom. The maximum Gasteiger partial charge on any atom is 0.174 e. The number of hydrogen-bond donors (Lipinski definition) is 0. The molecule has 2 aromatic rings. The molecule has 1 aromatic carbocycles. The molecule has 0 aliphatic rings. The summed E-state index contributed by atoms with van der Waals surface area (Å²) in [5.74, 6) is -1.19. The van der Waals surface area contributed by atoms with E-state index in [2.05, 4.69) is 4.98 Å². The van der Waals surface area contributed by atoms with Gasteiger partial charge in [-0.05, 0) is 13.8 Å². The molecule has 2 unspecified atom stereocenters. The van der Waals surface area contributed by atoms with Gasteiger partial charge in [0.15, 0.2) is 11.7 Å². The van der Waals surface area contributed by atoms with Gasteiger partial charge in [-0.1, -0.05) is 30.3 Å². The van der Waals surface area contributed by atoms with E-state index in [0.717, 1.165) is 16.1 Å². The van der Waals surface area contributed by atoms with Crippen LogP contribution >= 0.6 is 22.9 Å². The molecule has 20 heavy (non-hydrogen) atoms. The smallest absolute Gasteiger partial charge is 0.174 e. The van der Waals surface area contributed by atoms with E-state index in [9.17, 15) is 10.1 Å². The number of alkyl halides is 1. The largest absolute Gasteiger partial charge is 0.296 e. The Morgan fingerprint density at radius 3 is 2.60 bits per heavy atom. The van der Waals surface area contributed by atoms with Crippen LogP contribution in [-0.2, 0) is 4.79 Å². The molecule has 0 aliphatic carbocycles. The van der Waals surface area contributed by atoms with Crippen molar-refractivity contribution in [2.45, 2.75) is 25.1 Å². The number of benzene rings is 1. The molecule has 2 rings (SSSR count). The first-order chi connectivity index (χ1) is 9.54. The number of aryl methyl sites for hydroxylation is 1. The molecule has 3 nitrogen and oxygen atoms in total. The molecular formula is C15H13ClN2OS. The zero-order valence-corrected chi connectivity index (χ0v) is 12.7. The van der Waals surface area contributed by atoms with Crippen molar-refractivity contribution >= 4 is 28.7 Å². The monoisotopic (exact) mass is 304 g/mol. The van der Waals surface area contributed by atoms with Crippen molar-refractivity contribution < 1.29 is 4.79 Å². The Balaban J connectivity index is 2.41. The molecule has 1 heterocycles. The molecule has 0 N–H and O–H groups in total. The van der Waals surface area contributed by atoms with Crippen LogP contribution in [0.25, 0.3) is 11.3 Å². The number of hydrogen-bond acceptors (Lipinski definition) is 4. The zero-order chi connectivity index (χ0) is 14.7. The van der Waals surface area contributed by atoms with Crippen LogP contribution in [0.4, 0.5) is 0 Å². The molecule has 0 spiro atoms. The van der Waals surface area contributed by atoms with E-state index in [1.165, 1.54) is 11.3 Å². The standard InChI is InChI=1S/C15H13ClN2OS/c1-9(16)14(19)12(8-17)15-18-13(10(2)20-15)11-6-4-3-5-7-11/h3-7,9,12H,1-2H3. The van der Waals surface area contributed by atoms with Crippen LogP contribution < -0.4 is 0 Å². The second-order valence-electron chi connectivity index (χ2n) is 4.40. The Bertz CT molecular complexity index is 658. The number of carbonyl (C=O) groups is 1. The van der Waals surface area contributed by atoms with Gasteiger partial charge in [-0.2, -0.15) is 5.26 Å². The molecule has 2 atom stereocenters. The van der Waals surface area contributed by atoms with E-state index < -0.39 is 11.3 Å². The molecular weight excluding hydrogens is 292 g/mol. The zero-order valence-electron chi connectivity index (χ0n) is 11.1. The topological polar surface area (TPSA) is 53.8 Å². The van der Waals surface area contributed by atoms with Crippen LogP contribution in [0.5, 0.6) is 0 Å².